The fourth-order valence-corrected chi connectivity index (χ4v) is 3.81. The average molecular weight is 448 g/mol. The smallest absolute Gasteiger partial charge is 0.238 e. The Morgan fingerprint density at radius 1 is 1.26 bits per heavy atom. The molecule has 2 amide bonds. The molecule has 0 bridgehead atoms. The lowest BCUT2D eigenvalue weighted by molar-refractivity contribution is -0.128. The summed E-state index contributed by atoms with van der Waals surface area (Å²) in [5.74, 6) is 0.165. The lowest BCUT2D eigenvalue weighted by Gasteiger charge is -2.29. The maximum atomic E-state index is 12.7. The number of benzene rings is 2. The number of aliphatic imine (C=N–C) groups is 1. The molecule has 1 N–H and O–H groups in total. The van der Waals surface area contributed by atoms with Gasteiger partial charge in [-0.2, -0.15) is 0 Å². The number of methoxy groups -OCH3 is 1. The third kappa shape index (κ3) is 4.70. The van der Waals surface area contributed by atoms with Crippen LogP contribution in [0.25, 0.3) is 0 Å². The van der Waals surface area contributed by atoms with Crippen molar-refractivity contribution < 1.29 is 14.3 Å². The number of hydrogen-bond donors (Lipinski definition) is 1. The highest BCUT2D eigenvalue weighted by Crippen LogP contribution is 2.30. The van der Waals surface area contributed by atoms with Gasteiger partial charge in [0.25, 0.3) is 0 Å². The summed E-state index contributed by atoms with van der Waals surface area (Å²) in [6, 6.07) is 14.6. The molecule has 2 aromatic rings. The minimum atomic E-state index is -0.562. The molecule has 1 saturated heterocycles. The van der Waals surface area contributed by atoms with Gasteiger partial charge in [-0.05, 0) is 36.4 Å². The van der Waals surface area contributed by atoms with Crippen molar-refractivity contribution in [3.8, 4) is 5.75 Å². The number of carbonyl (C=O) groups is 2. The Labute approximate surface area is 170 Å². The second-order valence-electron chi connectivity index (χ2n) is 5.82. The number of nitrogens with one attached hydrogen (secondary N) is 1. The Morgan fingerprint density at radius 2 is 1.96 bits per heavy atom. The number of ether oxygens (including phenoxy) is 1. The van der Waals surface area contributed by atoms with Gasteiger partial charge in [0, 0.05) is 17.9 Å². The summed E-state index contributed by atoms with van der Waals surface area (Å²) < 4.78 is 6.20. The van der Waals surface area contributed by atoms with Crippen LogP contribution in [0.5, 0.6) is 5.75 Å². The van der Waals surface area contributed by atoms with Gasteiger partial charge in [-0.1, -0.05) is 39.8 Å². The quantitative estimate of drug-likeness (QED) is 0.767. The first-order chi connectivity index (χ1) is 13.0. The summed E-state index contributed by atoms with van der Waals surface area (Å²) in [5.41, 5.74) is 1.29. The van der Waals surface area contributed by atoms with Crippen LogP contribution in [-0.4, -0.2) is 41.3 Å². The molecule has 0 aromatic heterocycles. The Hall–Kier alpha value is -2.32. The Balaban J connectivity index is 1.79. The lowest BCUT2D eigenvalue weighted by Crippen LogP contribution is -2.43. The van der Waals surface area contributed by atoms with Crippen molar-refractivity contribution in [2.75, 3.05) is 19.5 Å². The standard InChI is InChI=1S/C19H18BrN3O3S/c1-23-17(24)11-16(18(25)22-14-5-3-4-6-15(14)26-2)27-19(23)21-13-9-7-12(20)8-10-13/h3-10,16H,11H2,1-2H3,(H,22,25). The molecule has 27 heavy (non-hydrogen) atoms. The van der Waals surface area contributed by atoms with Crippen LogP contribution in [0.1, 0.15) is 6.42 Å². The van der Waals surface area contributed by atoms with Gasteiger partial charge < -0.3 is 10.1 Å². The monoisotopic (exact) mass is 447 g/mol. The summed E-state index contributed by atoms with van der Waals surface area (Å²) in [6.07, 6.45) is 0.113. The van der Waals surface area contributed by atoms with Gasteiger partial charge in [0.2, 0.25) is 11.8 Å². The Morgan fingerprint density at radius 3 is 2.67 bits per heavy atom. The zero-order chi connectivity index (χ0) is 19.4. The largest absolute Gasteiger partial charge is 0.495 e. The van der Waals surface area contributed by atoms with Crippen LogP contribution in [0.2, 0.25) is 0 Å². The number of amidine groups is 1. The summed E-state index contributed by atoms with van der Waals surface area (Å²) in [7, 11) is 3.21. The van der Waals surface area contributed by atoms with E-state index in [9.17, 15) is 9.59 Å². The molecule has 0 radical (unpaired) electrons. The highest BCUT2D eigenvalue weighted by Gasteiger charge is 2.34. The minimum absolute atomic E-state index is 0.113. The van der Waals surface area contributed by atoms with Crippen LogP contribution in [0.15, 0.2) is 58.0 Å². The van der Waals surface area contributed by atoms with Crippen LogP contribution >= 0.6 is 27.7 Å². The average Bonchev–Trinajstić information content (AvgIpc) is 2.67. The number of rotatable bonds is 4. The zero-order valence-corrected chi connectivity index (χ0v) is 17.2. The SMILES string of the molecule is COc1ccccc1NC(=O)C1CC(=O)N(C)C(=Nc2ccc(Br)cc2)S1. The topological polar surface area (TPSA) is 71.0 Å². The van der Waals surface area contributed by atoms with Crippen molar-refractivity contribution in [3.05, 3.63) is 53.0 Å². The van der Waals surface area contributed by atoms with Gasteiger partial charge >= 0.3 is 0 Å². The highest BCUT2D eigenvalue weighted by molar-refractivity contribution is 9.10. The van der Waals surface area contributed by atoms with Crippen molar-refractivity contribution in [1.29, 1.82) is 0 Å². The predicted molar refractivity (Wildman–Crippen MR) is 112 cm³/mol. The number of halogens is 1. The number of thioether (sulfide) groups is 1. The summed E-state index contributed by atoms with van der Waals surface area (Å²) in [4.78, 5) is 31.1. The van der Waals surface area contributed by atoms with Crippen LogP contribution in [0.3, 0.4) is 0 Å². The van der Waals surface area contributed by atoms with Gasteiger partial charge in [0.15, 0.2) is 5.17 Å². The summed E-state index contributed by atoms with van der Waals surface area (Å²) >= 11 is 4.66. The van der Waals surface area contributed by atoms with Gasteiger partial charge in [-0.25, -0.2) is 4.99 Å². The fraction of sp³-hybridized carbons (Fsp3) is 0.211. The van der Waals surface area contributed by atoms with E-state index in [2.05, 4.69) is 26.2 Å². The molecule has 1 fully saturated rings. The normalized spacial score (nSPS) is 18.5. The van der Waals surface area contributed by atoms with Crippen LogP contribution < -0.4 is 10.1 Å². The Kier molecular flexibility index (Phi) is 6.18. The molecule has 0 aliphatic carbocycles. The van der Waals surface area contributed by atoms with E-state index in [4.69, 9.17) is 4.74 Å². The van der Waals surface area contributed by atoms with Crippen molar-refractivity contribution in [1.82, 2.24) is 4.90 Å². The molecule has 2 aromatic carbocycles. The van der Waals surface area contributed by atoms with Gasteiger partial charge in [-0.15, -0.1) is 0 Å². The number of hydrogen-bond acceptors (Lipinski definition) is 5. The zero-order valence-electron chi connectivity index (χ0n) is 14.8. The van der Waals surface area contributed by atoms with Crippen molar-refractivity contribution in [3.63, 3.8) is 0 Å². The third-order valence-electron chi connectivity index (χ3n) is 3.98. The number of carbonyl (C=O) groups excluding carboxylic acids is 2. The van der Waals surface area contributed by atoms with Crippen molar-refractivity contribution >= 4 is 56.0 Å². The van der Waals surface area contributed by atoms with Crippen LogP contribution in [0, 0.1) is 0 Å². The number of anilines is 1. The van der Waals surface area contributed by atoms with Gasteiger partial charge in [-0.3, -0.25) is 14.5 Å². The number of amides is 2. The van der Waals surface area contributed by atoms with Crippen molar-refractivity contribution in [2.45, 2.75) is 11.7 Å². The maximum Gasteiger partial charge on any atom is 0.238 e. The molecule has 140 valence electrons. The van der Waals surface area contributed by atoms with Crippen molar-refractivity contribution in [2.24, 2.45) is 4.99 Å². The third-order valence-corrected chi connectivity index (χ3v) is 5.75. The molecule has 1 aliphatic heterocycles. The number of para-hydroxylation sites is 2. The van der Waals surface area contributed by atoms with Crippen LogP contribution in [-0.2, 0) is 9.59 Å². The predicted octanol–water partition coefficient (Wildman–Crippen LogP) is 4.05. The fourth-order valence-electron chi connectivity index (χ4n) is 2.48. The first kappa shape index (κ1) is 19.4. The first-order valence-corrected chi connectivity index (χ1v) is 9.86. The van der Waals surface area contributed by atoms with E-state index in [1.54, 1.807) is 26.3 Å². The molecular weight excluding hydrogens is 430 g/mol. The van der Waals surface area contributed by atoms with E-state index in [1.807, 2.05) is 36.4 Å². The van der Waals surface area contributed by atoms with E-state index >= 15 is 0 Å². The molecule has 1 aliphatic rings. The lowest BCUT2D eigenvalue weighted by atomic mass is 10.2. The second kappa shape index (κ2) is 8.58. The molecule has 8 heteroatoms. The molecular formula is C19H18BrN3O3S. The van der Waals surface area contributed by atoms with E-state index in [1.165, 1.54) is 16.7 Å². The molecule has 1 heterocycles. The number of nitrogens with zero attached hydrogens (tertiary/aromatic N) is 2. The molecule has 3 rings (SSSR count). The van der Waals surface area contributed by atoms with Crippen LogP contribution in [0.4, 0.5) is 11.4 Å². The van der Waals surface area contributed by atoms with E-state index in [0.29, 0.717) is 22.3 Å². The molecule has 6 nitrogen and oxygen atoms in total. The van der Waals surface area contributed by atoms with Gasteiger partial charge in [0.05, 0.1) is 18.5 Å². The minimum Gasteiger partial charge on any atom is -0.495 e. The molecule has 0 saturated carbocycles. The maximum absolute atomic E-state index is 12.7. The first-order valence-electron chi connectivity index (χ1n) is 8.19. The highest BCUT2D eigenvalue weighted by atomic mass is 79.9. The van der Waals surface area contributed by atoms with Gasteiger partial charge in [0.1, 0.15) is 11.0 Å². The van der Waals surface area contributed by atoms with E-state index < -0.39 is 5.25 Å². The summed E-state index contributed by atoms with van der Waals surface area (Å²) in [5, 5.41) is 2.77. The Bertz CT molecular complexity index is 886. The van der Waals surface area contributed by atoms with E-state index in [0.717, 1.165) is 4.47 Å². The van der Waals surface area contributed by atoms with E-state index in [-0.39, 0.29) is 18.2 Å². The summed E-state index contributed by atoms with van der Waals surface area (Å²) in [6.45, 7) is 0. The molecule has 1 unspecified atom stereocenters. The molecule has 1 atom stereocenters. The molecule has 0 spiro atoms. The second-order valence-corrected chi connectivity index (χ2v) is 7.91.